The van der Waals surface area contributed by atoms with Gasteiger partial charge in [-0.05, 0) is 37.1 Å². The first-order valence-corrected chi connectivity index (χ1v) is 4.94. The number of hydrogen-bond donors (Lipinski definition) is 2. The fraction of sp³-hybridized carbons (Fsp3) is 0.250. The van der Waals surface area contributed by atoms with Gasteiger partial charge in [0, 0.05) is 29.7 Å². The van der Waals surface area contributed by atoms with Crippen molar-refractivity contribution in [1.29, 1.82) is 0 Å². The van der Waals surface area contributed by atoms with Gasteiger partial charge in [-0.2, -0.15) is 0 Å². The van der Waals surface area contributed by atoms with Crippen LogP contribution in [0.25, 0.3) is 10.9 Å². The molecule has 0 radical (unpaired) electrons. The second kappa shape index (κ2) is 3.42. The topological polar surface area (TPSA) is 44.9 Å². The maximum Gasteiger partial charge on any atom is 0.248 e. The van der Waals surface area contributed by atoms with Crippen molar-refractivity contribution in [2.75, 3.05) is 12.4 Å². The normalized spacial score (nSPS) is 10.6. The minimum absolute atomic E-state index is 0.0448. The molecule has 0 amide bonds. The summed E-state index contributed by atoms with van der Waals surface area (Å²) in [5.41, 5.74) is 4.09. The smallest absolute Gasteiger partial charge is 0.248 e. The Morgan fingerprint density at radius 3 is 2.53 bits per heavy atom. The molecule has 1 heterocycles. The summed E-state index contributed by atoms with van der Waals surface area (Å²) in [5, 5.41) is 4.22. The predicted octanol–water partition coefficient (Wildman–Crippen LogP) is 2.19. The Hall–Kier alpha value is -1.77. The van der Waals surface area contributed by atoms with Crippen molar-refractivity contribution in [2.45, 2.75) is 13.8 Å². The van der Waals surface area contributed by atoms with Gasteiger partial charge in [0.1, 0.15) is 0 Å². The summed E-state index contributed by atoms with van der Waals surface area (Å²) in [7, 11) is 1.90. The minimum atomic E-state index is -0.0448. The number of aryl methyl sites for hydroxylation is 2. The number of rotatable bonds is 1. The molecule has 15 heavy (non-hydrogen) atoms. The van der Waals surface area contributed by atoms with Crippen LogP contribution in [-0.2, 0) is 0 Å². The fourth-order valence-electron chi connectivity index (χ4n) is 1.85. The van der Waals surface area contributed by atoms with Crippen molar-refractivity contribution in [1.82, 2.24) is 4.98 Å². The van der Waals surface area contributed by atoms with Gasteiger partial charge < -0.3 is 10.3 Å². The Morgan fingerprint density at radius 2 is 1.87 bits per heavy atom. The molecule has 0 fully saturated rings. The lowest BCUT2D eigenvalue weighted by atomic mass is 10.1. The molecule has 0 aliphatic heterocycles. The van der Waals surface area contributed by atoms with Gasteiger partial charge in [-0.15, -0.1) is 0 Å². The van der Waals surface area contributed by atoms with E-state index in [-0.39, 0.29) is 5.56 Å². The van der Waals surface area contributed by atoms with E-state index in [1.807, 2.05) is 27.0 Å². The highest BCUT2D eigenvalue weighted by Gasteiger charge is 2.03. The molecule has 0 saturated carbocycles. The molecule has 0 aliphatic rings. The first-order chi connectivity index (χ1) is 7.11. The number of benzene rings is 1. The maximum atomic E-state index is 11.3. The van der Waals surface area contributed by atoms with E-state index in [4.69, 9.17) is 0 Å². The van der Waals surface area contributed by atoms with Crippen LogP contribution in [0.2, 0.25) is 0 Å². The molecular weight excluding hydrogens is 188 g/mol. The van der Waals surface area contributed by atoms with Gasteiger partial charge in [-0.3, -0.25) is 4.79 Å². The lowest BCUT2D eigenvalue weighted by molar-refractivity contribution is 1.27. The number of hydrogen-bond acceptors (Lipinski definition) is 2. The van der Waals surface area contributed by atoms with Crippen LogP contribution >= 0.6 is 0 Å². The Morgan fingerprint density at radius 1 is 1.13 bits per heavy atom. The molecule has 0 spiro atoms. The highest BCUT2D eigenvalue weighted by atomic mass is 16.1. The lowest BCUT2D eigenvalue weighted by Gasteiger charge is -2.08. The van der Waals surface area contributed by atoms with Gasteiger partial charge in [-0.25, -0.2) is 0 Å². The number of anilines is 1. The minimum Gasteiger partial charge on any atom is -0.388 e. The predicted molar refractivity (Wildman–Crippen MR) is 63.6 cm³/mol. The van der Waals surface area contributed by atoms with E-state index in [0.717, 1.165) is 27.7 Å². The lowest BCUT2D eigenvalue weighted by Crippen LogP contribution is -2.05. The molecule has 2 aromatic rings. The van der Waals surface area contributed by atoms with Gasteiger partial charge >= 0.3 is 0 Å². The number of fused-ring (bicyclic) bond motifs is 1. The highest BCUT2D eigenvalue weighted by Crippen LogP contribution is 2.23. The molecule has 3 heteroatoms. The number of aromatic amines is 1. The van der Waals surface area contributed by atoms with E-state index in [9.17, 15) is 4.79 Å². The van der Waals surface area contributed by atoms with E-state index < -0.39 is 0 Å². The SMILES string of the molecule is CNc1cc2c(C)cc(=O)[nH]c2cc1C. The van der Waals surface area contributed by atoms with Crippen molar-refractivity contribution in [3.8, 4) is 0 Å². The molecular formula is C12H14N2O. The molecule has 0 unspecified atom stereocenters. The second-order valence-corrected chi connectivity index (χ2v) is 3.78. The number of pyridine rings is 1. The van der Waals surface area contributed by atoms with E-state index in [2.05, 4.69) is 16.4 Å². The number of aromatic nitrogens is 1. The fourth-order valence-corrected chi connectivity index (χ4v) is 1.85. The summed E-state index contributed by atoms with van der Waals surface area (Å²) >= 11 is 0. The molecule has 1 aromatic carbocycles. The van der Waals surface area contributed by atoms with Crippen LogP contribution in [0.1, 0.15) is 11.1 Å². The largest absolute Gasteiger partial charge is 0.388 e. The van der Waals surface area contributed by atoms with Gasteiger partial charge in [0.15, 0.2) is 0 Å². The summed E-state index contributed by atoms with van der Waals surface area (Å²) in [4.78, 5) is 14.1. The zero-order valence-corrected chi connectivity index (χ0v) is 9.14. The maximum absolute atomic E-state index is 11.3. The Labute approximate surface area is 88.1 Å². The van der Waals surface area contributed by atoms with Crippen molar-refractivity contribution in [3.63, 3.8) is 0 Å². The van der Waals surface area contributed by atoms with E-state index in [1.54, 1.807) is 6.07 Å². The third kappa shape index (κ3) is 1.61. The standard InChI is InChI=1S/C12H14N2O/c1-7-5-12(15)14-11-4-8(2)10(13-3)6-9(7)11/h4-6,13H,1-3H3,(H,14,15). The molecule has 3 nitrogen and oxygen atoms in total. The summed E-state index contributed by atoms with van der Waals surface area (Å²) in [5.74, 6) is 0. The van der Waals surface area contributed by atoms with Crippen LogP contribution in [0.5, 0.6) is 0 Å². The third-order valence-corrected chi connectivity index (χ3v) is 2.66. The molecule has 2 rings (SSSR count). The van der Waals surface area contributed by atoms with Crippen molar-refractivity contribution < 1.29 is 0 Å². The van der Waals surface area contributed by atoms with Crippen LogP contribution in [0, 0.1) is 13.8 Å². The number of nitrogens with one attached hydrogen (secondary N) is 2. The second-order valence-electron chi connectivity index (χ2n) is 3.78. The molecule has 0 bridgehead atoms. The molecule has 1 aromatic heterocycles. The Bertz CT molecular complexity index is 570. The summed E-state index contributed by atoms with van der Waals surface area (Å²) in [6.45, 7) is 3.97. The highest BCUT2D eigenvalue weighted by molar-refractivity contribution is 5.86. The van der Waals surface area contributed by atoms with Gasteiger partial charge in [-0.1, -0.05) is 0 Å². The van der Waals surface area contributed by atoms with Gasteiger partial charge in [0.2, 0.25) is 5.56 Å². The van der Waals surface area contributed by atoms with E-state index in [0.29, 0.717) is 0 Å². The first-order valence-electron chi connectivity index (χ1n) is 4.94. The van der Waals surface area contributed by atoms with Crippen LogP contribution in [-0.4, -0.2) is 12.0 Å². The zero-order valence-electron chi connectivity index (χ0n) is 9.14. The Balaban J connectivity index is 2.87. The average Bonchev–Trinajstić information content (AvgIpc) is 2.16. The van der Waals surface area contributed by atoms with Crippen molar-refractivity contribution in [2.24, 2.45) is 0 Å². The number of H-pyrrole nitrogens is 1. The van der Waals surface area contributed by atoms with Gasteiger partial charge in [0.05, 0.1) is 0 Å². The molecule has 0 saturated heterocycles. The van der Waals surface area contributed by atoms with Crippen molar-refractivity contribution in [3.05, 3.63) is 39.7 Å². The van der Waals surface area contributed by atoms with Crippen LogP contribution < -0.4 is 10.9 Å². The molecule has 78 valence electrons. The molecule has 2 N–H and O–H groups in total. The van der Waals surface area contributed by atoms with Gasteiger partial charge in [0.25, 0.3) is 0 Å². The zero-order chi connectivity index (χ0) is 11.0. The van der Waals surface area contributed by atoms with Crippen LogP contribution in [0.15, 0.2) is 23.0 Å². The third-order valence-electron chi connectivity index (χ3n) is 2.66. The van der Waals surface area contributed by atoms with Crippen molar-refractivity contribution >= 4 is 16.6 Å². The average molecular weight is 202 g/mol. The molecule has 0 aliphatic carbocycles. The monoisotopic (exact) mass is 202 g/mol. The van der Waals surface area contributed by atoms with Crippen LogP contribution in [0.4, 0.5) is 5.69 Å². The summed E-state index contributed by atoms with van der Waals surface area (Å²) in [6, 6.07) is 5.68. The van der Waals surface area contributed by atoms with E-state index in [1.165, 1.54) is 0 Å². The molecule has 0 atom stereocenters. The first kappa shape index (κ1) is 9.77. The summed E-state index contributed by atoms with van der Waals surface area (Å²) < 4.78 is 0. The van der Waals surface area contributed by atoms with E-state index >= 15 is 0 Å². The summed E-state index contributed by atoms with van der Waals surface area (Å²) in [6.07, 6.45) is 0. The Kier molecular flexibility index (Phi) is 2.23. The quantitative estimate of drug-likeness (QED) is 0.744. The van der Waals surface area contributed by atoms with Crippen LogP contribution in [0.3, 0.4) is 0 Å².